The van der Waals surface area contributed by atoms with E-state index < -0.39 is 0 Å². The molecule has 0 aromatic heterocycles. The standard InChI is InChI=1S/C13H27N3O/c1-11-8-17-12(2)7-16(11)13(9-14)5-4-6-15(3)10-13/h11-12H,4-10,14H2,1-3H3. The van der Waals surface area contributed by atoms with Gasteiger partial charge in [0.1, 0.15) is 0 Å². The molecule has 0 aliphatic carbocycles. The summed E-state index contributed by atoms with van der Waals surface area (Å²) in [5.74, 6) is 0. The van der Waals surface area contributed by atoms with Gasteiger partial charge in [0.25, 0.3) is 0 Å². The van der Waals surface area contributed by atoms with E-state index in [0.717, 1.165) is 26.2 Å². The van der Waals surface area contributed by atoms with E-state index in [2.05, 4.69) is 30.7 Å². The monoisotopic (exact) mass is 241 g/mol. The summed E-state index contributed by atoms with van der Waals surface area (Å²) in [6.45, 7) is 9.34. The number of hydrogen-bond donors (Lipinski definition) is 1. The molecule has 3 atom stereocenters. The number of rotatable bonds is 2. The van der Waals surface area contributed by atoms with Crippen molar-refractivity contribution in [1.29, 1.82) is 0 Å². The number of nitrogens with zero attached hydrogens (tertiary/aromatic N) is 2. The second kappa shape index (κ2) is 5.22. The lowest BCUT2D eigenvalue weighted by molar-refractivity contribution is -0.107. The second-order valence-electron chi connectivity index (χ2n) is 5.92. The van der Waals surface area contributed by atoms with E-state index in [4.69, 9.17) is 10.5 Å². The fraction of sp³-hybridized carbons (Fsp3) is 1.00. The van der Waals surface area contributed by atoms with Crippen molar-refractivity contribution in [3.05, 3.63) is 0 Å². The highest BCUT2D eigenvalue weighted by Gasteiger charge is 2.42. The fourth-order valence-electron chi connectivity index (χ4n) is 3.42. The van der Waals surface area contributed by atoms with E-state index in [1.807, 2.05) is 0 Å². The Bertz CT molecular complexity index is 261. The zero-order valence-corrected chi connectivity index (χ0v) is 11.5. The molecule has 3 unspecified atom stereocenters. The van der Waals surface area contributed by atoms with Gasteiger partial charge in [0.15, 0.2) is 0 Å². The van der Waals surface area contributed by atoms with E-state index >= 15 is 0 Å². The summed E-state index contributed by atoms with van der Waals surface area (Å²) >= 11 is 0. The van der Waals surface area contributed by atoms with Gasteiger partial charge in [0.05, 0.1) is 12.7 Å². The normalized spacial score (nSPS) is 41.6. The van der Waals surface area contributed by atoms with Gasteiger partial charge in [0, 0.05) is 31.2 Å². The molecule has 2 aliphatic rings. The quantitative estimate of drug-likeness (QED) is 0.765. The van der Waals surface area contributed by atoms with Crippen molar-refractivity contribution in [3.63, 3.8) is 0 Å². The molecule has 0 amide bonds. The molecule has 17 heavy (non-hydrogen) atoms. The van der Waals surface area contributed by atoms with Gasteiger partial charge in [0.2, 0.25) is 0 Å². The lowest BCUT2D eigenvalue weighted by Gasteiger charge is -2.53. The summed E-state index contributed by atoms with van der Waals surface area (Å²) in [4.78, 5) is 5.03. The molecule has 4 heteroatoms. The third-order valence-corrected chi connectivity index (χ3v) is 4.34. The average molecular weight is 241 g/mol. The maximum atomic E-state index is 6.13. The first-order chi connectivity index (χ1) is 8.07. The molecule has 0 bridgehead atoms. The first-order valence-electron chi connectivity index (χ1n) is 6.84. The van der Waals surface area contributed by atoms with E-state index in [-0.39, 0.29) is 5.54 Å². The van der Waals surface area contributed by atoms with E-state index in [0.29, 0.717) is 12.1 Å². The van der Waals surface area contributed by atoms with Gasteiger partial charge in [-0.3, -0.25) is 4.90 Å². The van der Waals surface area contributed by atoms with Crippen molar-refractivity contribution in [3.8, 4) is 0 Å². The zero-order chi connectivity index (χ0) is 12.5. The van der Waals surface area contributed by atoms with Gasteiger partial charge in [-0.2, -0.15) is 0 Å². The van der Waals surface area contributed by atoms with E-state index in [9.17, 15) is 0 Å². The summed E-state index contributed by atoms with van der Waals surface area (Å²) in [6, 6.07) is 0.487. The third kappa shape index (κ3) is 2.65. The highest BCUT2D eigenvalue weighted by atomic mass is 16.5. The lowest BCUT2D eigenvalue weighted by Crippen LogP contribution is -2.67. The Hall–Kier alpha value is -0.160. The van der Waals surface area contributed by atoms with E-state index in [1.165, 1.54) is 19.4 Å². The molecule has 0 spiro atoms. The Kier molecular flexibility index (Phi) is 4.08. The second-order valence-corrected chi connectivity index (χ2v) is 5.92. The van der Waals surface area contributed by atoms with Crippen LogP contribution in [0, 0.1) is 0 Å². The van der Waals surface area contributed by atoms with Gasteiger partial charge in [-0.25, -0.2) is 0 Å². The number of likely N-dealkylation sites (N-methyl/N-ethyl adjacent to an activating group) is 1. The van der Waals surface area contributed by atoms with Crippen molar-refractivity contribution in [2.45, 2.75) is 44.4 Å². The van der Waals surface area contributed by atoms with E-state index in [1.54, 1.807) is 0 Å². The van der Waals surface area contributed by atoms with Crippen LogP contribution in [0.25, 0.3) is 0 Å². The number of ether oxygens (including phenoxy) is 1. The van der Waals surface area contributed by atoms with Crippen molar-refractivity contribution >= 4 is 0 Å². The molecule has 4 nitrogen and oxygen atoms in total. The van der Waals surface area contributed by atoms with Crippen LogP contribution in [0.5, 0.6) is 0 Å². The summed E-state index contributed by atoms with van der Waals surface area (Å²) in [5.41, 5.74) is 6.30. The summed E-state index contributed by atoms with van der Waals surface area (Å²) in [7, 11) is 2.21. The Morgan fingerprint density at radius 3 is 2.82 bits per heavy atom. The van der Waals surface area contributed by atoms with Crippen molar-refractivity contribution < 1.29 is 4.74 Å². The van der Waals surface area contributed by atoms with Gasteiger partial charge >= 0.3 is 0 Å². The molecule has 0 saturated carbocycles. The fourth-order valence-corrected chi connectivity index (χ4v) is 3.42. The molecular weight excluding hydrogens is 214 g/mol. The molecule has 0 aromatic carbocycles. The zero-order valence-electron chi connectivity index (χ0n) is 11.5. The Labute approximate surface area is 105 Å². The summed E-state index contributed by atoms with van der Waals surface area (Å²) in [6.07, 6.45) is 2.82. The van der Waals surface area contributed by atoms with Gasteiger partial charge < -0.3 is 15.4 Å². The minimum Gasteiger partial charge on any atom is -0.376 e. The number of morpholine rings is 1. The lowest BCUT2D eigenvalue weighted by atomic mass is 9.85. The van der Waals surface area contributed by atoms with Crippen LogP contribution < -0.4 is 5.73 Å². The molecule has 2 saturated heterocycles. The minimum absolute atomic E-state index is 0.171. The number of piperidine rings is 1. The number of hydrogen-bond acceptors (Lipinski definition) is 4. The maximum Gasteiger partial charge on any atom is 0.0675 e. The molecule has 2 fully saturated rings. The number of likely N-dealkylation sites (tertiary alicyclic amines) is 1. The molecule has 2 heterocycles. The first-order valence-corrected chi connectivity index (χ1v) is 6.84. The maximum absolute atomic E-state index is 6.13. The third-order valence-electron chi connectivity index (χ3n) is 4.34. The van der Waals surface area contributed by atoms with Crippen molar-refractivity contribution in [1.82, 2.24) is 9.80 Å². The molecule has 0 aromatic rings. The van der Waals surface area contributed by atoms with Crippen molar-refractivity contribution in [2.75, 3.05) is 39.8 Å². The minimum atomic E-state index is 0.171. The Morgan fingerprint density at radius 2 is 2.18 bits per heavy atom. The van der Waals surface area contributed by atoms with Gasteiger partial charge in [-0.1, -0.05) is 0 Å². The molecule has 2 aliphatic heterocycles. The molecule has 2 rings (SSSR count). The van der Waals surface area contributed by atoms with Crippen LogP contribution in [0.1, 0.15) is 26.7 Å². The molecule has 100 valence electrons. The van der Waals surface area contributed by atoms with Crippen LogP contribution >= 0.6 is 0 Å². The largest absolute Gasteiger partial charge is 0.376 e. The first kappa shape index (κ1) is 13.3. The number of nitrogens with two attached hydrogens (primary N) is 1. The van der Waals surface area contributed by atoms with Crippen LogP contribution in [0.2, 0.25) is 0 Å². The van der Waals surface area contributed by atoms with Gasteiger partial charge in [-0.15, -0.1) is 0 Å². The van der Waals surface area contributed by atoms with Crippen LogP contribution in [-0.2, 0) is 4.74 Å². The Balaban J connectivity index is 2.14. The summed E-state index contributed by atoms with van der Waals surface area (Å²) in [5, 5.41) is 0. The van der Waals surface area contributed by atoms with Crippen LogP contribution in [0.4, 0.5) is 0 Å². The smallest absolute Gasteiger partial charge is 0.0675 e. The van der Waals surface area contributed by atoms with Crippen LogP contribution in [0.15, 0.2) is 0 Å². The molecular formula is C13H27N3O. The predicted molar refractivity (Wildman–Crippen MR) is 70.1 cm³/mol. The van der Waals surface area contributed by atoms with Crippen LogP contribution in [0.3, 0.4) is 0 Å². The van der Waals surface area contributed by atoms with Crippen molar-refractivity contribution in [2.24, 2.45) is 5.73 Å². The highest BCUT2D eigenvalue weighted by molar-refractivity contribution is 5.00. The van der Waals surface area contributed by atoms with Gasteiger partial charge in [-0.05, 0) is 40.3 Å². The summed E-state index contributed by atoms with van der Waals surface area (Å²) < 4.78 is 5.73. The SMILES string of the molecule is CC1CN(C2(CN)CCCN(C)C2)C(C)CO1. The average Bonchev–Trinajstić information content (AvgIpc) is 2.32. The van der Waals surface area contributed by atoms with Crippen LogP contribution in [-0.4, -0.2) is 67.3 Å². The highest BCUT2D eigenvalue weighted by Crippen LogP contribution is 2.30. The Morgan fingerprint density at radius 1 is 1.41 bits per heavy atom. The molecule has 2 N–H and O–H groups in total. The topological polar surface area (TPSA) is 41.7 Å². The predicted octanol–water partition coefficient (Wildman–Crippen LogP) is 0.519. The molecule has 0 radical (unpaired) electrons.